The summed E-state index contributed by atoms with van der Waals surface area (Å²) in [5, 5.41) is 9.05. The number of likely N-dealkylation sites (tertiary alicyclic amines) is 1. The highest BCUT2D eigenvalue weighted by Gasteiger charge is 2.25. The topological polar surface area (TPSA) is 40.5 Å². The number of carbonyl (C=O) groups is 1. The van der Waals surface area contributed by atoms with Crippen LogP contribution in [0.2, 0.25) is 0 Å². The molecule has 1 aliphatic heterocycles. The van der Waals surface area contributed by atoms with Crippen LogP contribution in [0.3, 0.4) is 0 Å². The van der Waals surface area contributed by atoms with Gasteiger partial charge in [0.25, 0.3) is 0 Å². The zero-order valence-corrected chi connectivity index (χ0v) is 12.4. The molecule has 1 saturated heterocycles. The van der Waals surface area contributed by atoms with E-state index in [1.807, 2.05) is 29.2 Å². The van der Waals surface area contributed by atoms with Gasteiger partial charge in [-0.25, -0.2) is 0 Å². The van der Waals surface area contributed by atoms with Crippen LogP contribution >= 0.6 is 27.7 Å². The normalized spacial score (nSPS) is 19.2. The molecule has 0 saturated carbocycles. The van der Waals surface area contributed by atoms with Crippen LogP contribution in [0.1, 0.15) is 6.42 Å². The number of aliphatic hydroxyl groups is 1. The van der Waals surface area contributed by atoms with Crippen molar-refractivity contribution in [2.75, 3.05) is 25.4 Å². The smallest absolute Gasteiger partial charge is 0.232 e. The number of thioether (sulfide) groups is 1. The monoisotopic (exact) mass is 329 g/mol. The van der Waals surface area contributed by atoms with Crippen molar-refractivity contribution < 1.29 is 9.90 Å². The van der Waals surface area contributed by atoms with Crippen molar-refractivity contribution in [1.29, 1.82) is 0 Å². The first-order chi connectivity index (χ1) is 8.69. The largest absolute Gasteiger partial charge is 0.396 e. The van der Waals surface area contributed by atoms with Crippen LogP contribution in [0.4, 0.5) is 0 Å². The number of aliphatic hydroxyl groups excluding tert-OH is 1. The minimum absolute atomic E-state index is 0.166. The summed E-state index contributed by atoms with van der Waals surface area (Å²) in [7, 11) is 0. The summed E-state index contributed by atoms with van der Waals surface area (Å²) in [6, 6.07) is 7.96. The zero-order valence-electron chi connectivity index (χ0n) is 10.0. The highest BCUT2D eigenvalue weighted by Crippen LogP contribution is 2.22. The molecule has 18 heavy (non-hydrogen) atoms. The first-order valence-electron chi connectivity index (χ1n) is 5.96. The second-order valence-electron chi connectivity index (χ2n) is 4.42. The third-order valence-corrected chi connectivity index (χ3v) is 4.60. The predicted molar refractivity (Wildman–Crippen MR) is 76.6 cm³/mol. The van der Waals surface area contributed by atoms with Gasteiger partial charge in [0.05, 0.1) is 5.75 Å². The number of benzene rings is 1. The molecule has 1 fully saturated rings. The second-order valence-corrected chi connectivity index (χ2v) is 6.38. The standard InChI is InChI=1S/C13H16BrNO2S/c14-11-1-3-12(4-2-11)18-9-13(17)15-6-5-10(7-15)8-16/h1-4,10,16H,5-9H2. The number of carbonyl (C=O) groups excluding carboxylic acids is 1. The molecule has 3 nitrogen and oxygen atoms in total. The fourth-order valence-corrected chi connectivity index (χ4v) is 3.04. The lowest BCUT2D eigenvalue weighted by molar-refractivity contribution is -0.127. The molecule has 1 N–H and O–H groups in total. The van der Waals surface area contributed by atoms with Gasteiger partial charge in [0.15, 0.2) is 0 Å². The average Bonchev–Trinajstić information content (AvgIpc) is 2.86. The summed E-state index contributed by atoms with van der Waals surface area (Å²) in [5.74, 6) is 0.908. The van der Waals surface area contributed by atoms with E-state index in [2.05, 4.69) is 15.9 Å². The molecule has 0 aliphatic carbocycles. The number of halogens is 1. The lowest BCUT2D eigenvalue weighted by Gasteiger charge is -2.15. The fourth-order valence-electron chi connectivity index (χ4n) is 1.98. The van der Waals surface area contributed by atoms with E-state index in [1.54, 1.807) is 11.8 Å². The van der Waals surface area contributed by atoms with Crippen molar-refractivity contribution in [3.8, 4) is 0 Å². The van der Waals surface area contributed by atoms with Crippen molar-refractivity contribution in [3.63, 3.8) is 0 Å². The number of rotatable bonds is 4. The van der Waals surface area contributed by atoms with E-state index in [-0.39, 0.29) is 18.4 Å². The van der Waals surface area contributed by atoms with Gasteiger partial charge in [0, 0.05) is 35.0 Å². The summed E-state index contributed by atoms with van der Waals surface area (Å²) in [5.41, 5.74) is 0. The average molecular weight is 330 g/mol. The lowest BCUT2D eigenvalue weighted by atomic mass is 10.1. The summed E-state index contributed by atoms with van der Waals surface area (Å²) in [6.07, 6.45) is 0.922. The van der Waals surface area contributed by atoms with Gasteiger partial charge in [-0.1, -0.05) is 15.9 Å². The maximum absolute atomic E-state index is 12.0. The van der Waals surface area contributed by atoms with Crippen LogP contribution < -0.4 is 0 Å². The van der Waals surface area contributed by atoms with Gasteiger partial charge in [0.2, 0.25) is 5.91 Å². The minimum atomic E-state index is 0.166. The van der Waals surface area contributed by atoms with Gasteiger partial charge in [-0.15, -0.1) is 11.8 Å². The van der Waals surface area contributed by atoms with Crippen LogP contribution in [0.15, 0.2) is 33.6 Å². The predicted octanol–water partition coefficient (Wildman–Crippen LogP) is 2.38. The number of hydrogen-bond donors (Lipinski definition) is 1. The van der Waals surface area contributed by atoms with E-state index in [0.717, 1.165) is 22.3 Å². The Labute approximate surface area is 120 Å². The molecule has 1 aromatic rings. The van der Waals surface area contributed by atoms with Gasteiger partial charge in [-0.3, -0.25) is 4.79 Å². The molecule has 1 aliphatic rings. The van der Waals surface area contributed by atoms with Gasteiger partial charge < -0.3 is 10.0 Å². The van der Waals surface area contributed by atoms with E-state index in [1.165, 1.54) is 0 Å². The quantitative estimate of drug-likeness (QED) is 0.862. The maximum atomic E-state index is 12.0. The molecular formula is C13H16BrNO2S. The summed E-state index contributed by atoms with van der Waals surface area (Å²) in [6.45, 7) is 1.67. The van der Waals surface area contributed by atoms with Gasteiger partial charge >= 0.3 is 0 Å². The van der Waals surface area contributed by atoms with Crippen molar-refractivity contribution >= 4 is 33.6 Å². The Bertz CT molecular complexity index is 410. The molecule has 1 unspecified atom stereocenters. The third-order valence-electron chi connectivity index (χ3n) is 3.07. The first-order valence-corrected chi connectivity index (χ1v) is 7.74. The van der Waals surface area contributed by atoms with Crippen molar-refractivity contribution in [2.24, 2.45) is 5.92 Å². The van der Waals surface area contributed by atoms with E-state index >= 15 is 0 Å². The molecule has 1 amide bonds. The molecule has 0 radical (unpaired) electrons. The van der Waals surface area contributed by atoms with E-state index in [9.17, 15) is 4.79 Å². The highest BCUT2D eigenvalue weighted by atomic mass is 79.9. The maximum Gasteiger partial charge on any atom is 0.232 e. The number of nitrogens with zero attached hydrogens (tertiary/aromatic N) is 1. The molecule has 0 aromatic heterocycles. The first kappa shape index (κ1) is 13.9. The Kier molecular flexibility index (Phi) is 5.09. The van der Waals surface area contributed by atoms with Crippen LogP contribution in [0.25, 0.3) is 0 Å². The SMILES string of the molecule is O=C(CSc1ccc(Br)cc1)N1CCC(CO)C1. The number of amides is 1. The molecular weight excluding hydrogens is 314 g/mol. The Morgan fingerprint density at radius 1 is 1.44 bits per heavy atom. The third kappa shape index (κ3) is 3.73. The van der Waals surface area contributed by atoms with Crippen molar-refractivity contribution in [1.82, 2.24) is 4.90 Å². The summed E-state index contributed by atoms with van der Waals surface area (Å²) < 4.78 is 1.04. The second kappa shape index (κ2) is 6.59. The molecule has 0 bridgehead atoms. The van der Waals surface area contributed by atoms with E-state index in [0.29, 0.717) is 12.3 Å². The Morgan fingerprint density at radius 2 is 2.17 bits per heavy atom. The molecule has 1 heterocycles. The fraction of sp³-hybridized carbons (Fsp3) is 0.462. The van der Waals surface area contributed by atoms with Crippen LogP contribution in [0, 0.1) is 5.92 Å². The molecule has 5 heteroatoms. The van der Waals surface area contributed by atoms with Crippen LogP contribution in [-0.2, 0) is 4.79 Å². The summed E-state index contributed by atoms with van der Waals surface area (Å²) >= 11 is 4.94. The van der Waals surface area contributed by atoms with E-state index < -0.39 is 0 Å². The van der Waals surface area contributed by atoms with Crippen molar-refractivity contribution in [3.05, 3.63) is 28.7 Å². The van der Waals surface area contributed by atoms with Crippen LogP contribution in [-0.4, -0.2) is 41.4 Å². The molecule has 1 aromatic carbocycles. The Morgan fingerprint density at radius 3 is 2.78 bits per heavy atom. The molecule has 1 atom stereocenters. The van der Waals surface area contributed by atoms with Gasteiger partial charge in [0.1, 0.15) is 0 Å². The molecule has 98 valence electrons. The Balaban J connectivity index is 1.80. The number of hydrogen-bond acceptors (Lipinski definition) is 3. The Hall–Kier alpha value is -0.520. The summed E-state index contributed by atoms with van der Waals surface area (Å²) in [4.78, 5) is 14.9. The van der Waals surface area contributed by atoms with E-state index in [4.69, 9.17) is 5.11 Å². The van der Waals surface area contributed by atoms with Gasteiger partial charge in [-0.05, 0) is 30.7 Å². The van der Waals surface area contributed by atoms with Crippen molar-refractivity contribution in [2.45, 2.75) is 11.3 Å². The zero-order chi connectivity index (χ0) is 13.0. The minimum Gasteiger partial charge on any atom is -0.396 e. The molecule has 2 rings (SSSR count). The van der Waals surface area contributed by atoms with Crippen LogP contribution in [0.5, 0.6) is 0 Å². The van der Waals surface area contributed by atoms with Gasteiger partial charge in [-0.2, -0.15) is 0 Å². The lowest BCUT2D eigenvalue weighted by Crippen LogP contribution is -2.30. The highest BCUT2D eigenvalue weighted by molar-refractivity contribution is 9.10. The molecule has 0 spiro atoms.